The third-order valence-corrected chi connectivity index (χ3v) is 5.69. The molecule has 9 heteroatoms. The van der Waals surface area contributed by atoms with Crippen molar-refractivity contribution in [3.05, 3.63) is 59.5 Å². The van der Waals surface area contributed by atoms with Crippen molar-refractivity contribution < 1.29 is 4.52 Å². The highest BCUT2D eigenvalue weighted by Crippen LogP contribution is 2.23. The van der Waals surface area contributed by atoms with Gasteiger partial charge in [-0.15, -0.1) is 24.0 Å². The molecular weight excluding hydrogens is 517 g/mol. The molecule has 3 aromatic rings. The topological polar surface area (TPSA) is 82.7 Å². The van der Waals surface area contributed by atoms with Crippen molar-refractivity contribution in [1.82, 2.24) is 25.3 Å². The Bertz CT molecular complexity index is 1030. The molecule has 8 nitrogen and oxygen atoms in total. The highest BCUT2D eigenvalue weighted by Gasteiger charge is 2.21. The molecule has 0 aliphatic carbocycles. The number of pyridine rings is 1. The molecule has 0 saturated carbocycles. The van der Waals surface area contributed by atoms with Crippen LogP contribution in [0.3, 0.4) is 0 Å². The van der Waals surface area contributed by atoms with Crippen LogP contribution in [-0.4, -0.2) is 65.8 Å². The molecule has 170 valence electrons. The van der Waals surface area contributed by atoms with Crippen LogP contribution in [0.2, 0.25) is 0 Å². The molecule has 1 saturated heterocycles. The standard InChI is InChI=1S/C23H29N7O.HI/c1-17-7-6-9-20(18(17)2)29-13-15-30(16-14-29)23(24-3)26-12-10-21-27-22(31-28-21)19-8-4-5-11-25-19;/h4-9,11H,10,12-16H2,1-3H3,(H,24,26);1H. The monoisotopic (exact) mass is 547 g/mol. The molecule has 0 radical (unpaired) electrons. The highest BCUT2D eigenvalue weighted by atomic mass is 127. The van der Waals surface area contributed by atoms with E-state index in [2.05, 4.69) is 67.3 Å². The zero-order valence-electron chi connectivity index (χ0n) is 18.8. The second-order valence-electron chi connectivity index (χ2n) is 7.65. The summed E-state index contributed by atoms with van der Waals surface area (Å²) in [6.45, 7) is 8.87. The van der Waals surface area contributed by atoms with Crippen LogP contribution in [0.15, 0.2) is 52.1 Å². The molecule has 2 aromatic heterocycles. The van der Waals surface area contributed by atoms with Crippen LogP contribution in [-0.2, 0) is 6.42 Å². The fourth-order valence-corrected chi connectivity index (χ4v) is 3.80. The van der Waals surface area contributed by atoms with Gasteiger partial charge in [0.1, 0.15) is 5.69 Å². The summed E-state index contributed by atoms with van der Waals surface area (Å²) in [6, 6.07) is 12.1. The number of guanidine groups is 1. The normalized spacial score (nSPS) is 14.3. The van der Waals surface area contributed by atoms with Gasteiger partial charge in [0.05, 0.1) is 0 Å². The van der Waals surface area contributed by atoms with Crippen molar-refractivity contribution >= 4 is 35.6 Å². The van der Waals surface area contributed by atoms with E-state index in [4.69, 9.17) is 4.52 Å². The largest absolute Gasteiger partial charge is 0.368 e. The van der Waals surface area contributed by atoms with Crippen molar-refractivity contribution in [3.8, 4) is 11.6 Å². The minimum atomic E-state index is 0. The summed E-state index contributed by atoms with van der Waals surface area (Å²) in [6.07, 6.45) is 2.36. The summed E-state index contributed by atoms with van der Waals surface area (Å²) in [5.74, 6) is 2.01. The molecule has 4 rings (SSSR count). The lowest BCUT2D eigenvalue weighted by atomic mass is 10.1. The van der Waals surface area contributed by atoms with Gasteiger partial charge in [0.15, 0.2) is 11.8 Å². The number of piperazine rings is 1. The first kappa shape index (κ1) is 24.0. The van der Waals surface area contributed by atoms with Crippen LogP contribution in [0.1, 0.15) is 17.0 Å². The molecule has 1 aliphatic heterocycles. The van der Waals surface area contributed by atoms with Crippen LogP contribution in [0.4, 0.5) is 5.69 Å². The predicted octanol–water partition coefficient (Wildman–Crippen LogP) is 3.31. The van der Waals surface area contributed by atoms with Crippen LogP contribution in [0.5, 0.6) is 0 Å². The lowest BCUT2D eigenvalue weighted by Gasteiger charge is -2.38. The van der Waals surface area contributed by atoms with E-state index >= 15 is 0 Å². The second kappa shape index (κ2) is 11.3. The summed E-state index contributed by atoms with van der Waals surface area (Å²) in [5.41, 5.74) is 4.73. The molecule has 0 unspecified atom stereocenters. The van der Waals surface area contributed by atoms with E-state index in [9.17, 15) is 0 Å². The van der Waals surface area contributed by atoms with Crippen molar-refractivity contribution in [1.29, 1.82) is 0 Å². The van der Waals surface area contributed by atoms with Gasteiger partial charge in [0.25, 0.3) is 5.89 Å². The van der Waals surface area contributed by atoms with E-state index in [0.717, 1.165) is 32.1 Å². The Morgan fingerprint density at radius 1 is 1.09 bits per heavy atom. The van der Waals surface area contributed by atoms with Crippen molar-refractivity contribution in [2.75, 3.05) is 44.7 Å². The number of hydrogen-bond acceptors (Lipinski definition) is 6. The molecule has 3 heterocycles. The van der Waals surface area contributed by atoms with Gasteiger partial charge < -0.3 is 19.6 Å². The molecule has 1 N–H and O–H groups in total. The van der Waals surface area contributed by atoms with Crippen LogP contribution in [0, 0.1) is 13.8 Å². The number of nitrogens with zero attached hydrogens (tertiary/aromatic N) is 6. The molecular formula is C23H30IN7O. The Kier molecular flexibility index (Phi) is 8.43. The van der Waals surface area contributed by atoms with Gasteiger partial charge in [-0.1, -0.05) is 23.4 Å². The maximum absolute atomic E-state index is 5.33. The Hall–Kier alpha value is -2.69. The summed E-state index contributed by atoms with van der Waals surface area (Å²) >= 11 is 0. The first-order valence-electron chi connectivity index (χ1n) is 10.7. The van der Waals surface area contributed by atoms with E-state index in [-0.39, 0.29) is 24.0 Å². The molecule has 0 amide bonds. The van der Waals surface area contributed by atoms with E-state index in [1.807, 2.05) is 25.2 Å². The van der Waals surface area contributed by atoms with Gasteiger partial charge >= 0.3 is 0 Å². The van der Waals surface area contributed by atoms with Gasteiger partial charge in [-0.05, 0) is 43.2 Å². The maximum Gasteiger partial charge on any atom is 0.276 e. The fraction of sp³-hybridized carbons (Fsp3) is 0.391. The Balaban J connectivity index is 0.00000289. The smallest absolute Gasteiger partial charge is 0.276 e. The zero-order valence-corrected chi connectivity index (χ0v) is 21.1. The SMILES string of the molecule is CN=C(NCCc1noc(-c2ccccn2)n1)N1CCN(c2cccc(C)c2C)CC1.I. The molecule has 1 fully saturated rings. The average molecular weight is 547 g/mol. The van der Waals surface area contributed by atoms with Gasteiger partial charge in [-0.3, -0.25) is 9.98 Å². The number of halogens is 1. The molecule has 32 heavy (non-hydrogen) atoms. The summed E-state index contributed by atoms with van der Waals surface area (Å²) in [4.78, 5) is 17.9. The van der Waals surface area contributed by atoms with E-state index < -0.39 is 0 Å². The number of rotatable bonds is 5. The van der Waals surface area contributed by atoms with Crippen molar-refractivity contribution in [2.45, 2.75) is 20.3 Å². The molecule has 0 atom stereocenters. The van der Waals surface area contributed by atoms with Crippen molar-refractivity contribution in [3.63, 3.8) is 0 Å². The third kappa shape index (κ3) is 5.56. The number of hydrogen-bond donors (Lipinski definition) is 1. The number of aromatic nitrogens is 3. The number of anilines is 1. The van der Waals surface area contributed by atoms with E-state index in [1.54, 1.807) is 6.20 Å². The van der Waals surface area contributed by atoms with Gasteiger partial charge in [-0.2, -0.15) is 4.98 Å². The summed E-state index contributed by atoms with van der Waals surface area (Å²) in [5, 5.41) is 7.49. The van der Waals surface area contributed by atoms with E-state index in [0.29, 0.717) is 30.4 Å². The number of nitrogens with one attached hydrogen (secondary N) is 1. The maximum atomic E-state index is 5.33. The first-order chi connectivity index (χ1) is 15.2. The third-order valence-electron chi connectivity index (χ3n) is 5.69. The van der Waals surface area contributed by atoms with Gasteiger partial charge in [-0.25, -0.2) is 0 Å². The summed E-state index contributed by atoms with van der Waals surface area (Å²) < 4.78 is 5.33. The average Bonchev–Trinajstić information content (AvgIpc) is 3.28. The Labute approximate surface area is 206 Å². The molecule has 0 spiro atoms. The fourth-order valence-electron chi connectivity index (χ4n) is 3.80. The van der Waals surface area contributed by atoms with E-state index in [1.165, 1.54) is 16.8 Å². The Morgan fingerprint density at radius 3 is 2.62 bits per heavy atom. The zero-order chi connectivity index (χ0) is 21.6. The van der Waals surface area contributed by atoms with Gasteiger partial charge in [0, 0.05) is 58.1 Å². The lowest BCUT2D eigenvalue weighted by Crippen LogP contribution is -2.53. The Morgan fingerprint density at radius 2 is 1.91 bits per heavy atom. The van der Waals surface area contributed by atoms with Crippen LogP contribution >= 0.6 is 24.0 Å². The second-order valence-corrected chi connectivity index (χ2v) is 7.65. The quantitative estimate of drug-likeness (QED) is 0.298. The molecule has 1 aromatic carbocycles. The van der Waals surface area contributed by atoms with Gasteiger partial charge in [0.2, 0.25) is 0 Å². The van der Waals surface area contributed by atoms with Crippen molar-refractivity contribution in [2.24, 2.45) is 4.99 Å². The number of benzene rings is 1. The minimum absolute atomic E-state index is 0. The van der Waals surface area contributed by atoms with Crippen LogP contribution < -0.4 is 10.2 Å². The molecule has 0 bridgehead atoms. The number of aliphatic imine (C=N–C) groups is 1. The van der Waals surface area contributed by atoms with Crippen LogP contribution in [0.25, 0.3) is 11.6 Å². The lowest BCUT2D eigenvalue weighted by molar-refractivity contribution is 0.372. The predicted molar refractivity (Wildman–Crippen MR) is 138 cm³/mol. The highest BCUT2D eigenvalue weighted by molar-refractivity contribution is 14.0. The number of aryl methyl sites for hydroxylation is 1. The summed E-state index contributed by atoms with van der Waals surface area (Å²) in [7, 11) is 1.83. The molecule has 1 aliphatic rings. The minimum Gasteiger partial charge on any atom is -0.368 e. The first-order valence-corrected chi connectivity index (χ1v) is 10.7.